The Balaban J connectivity index is 1.49. The molecule has 1 fully saturated rings. The van der Waals surface area contributed by atoms with Crippen molar-refractivity contribution < 1.29 is 18.7 Å². The van der Waals surface area contributed by atoms with E-state index in [1.54, 1.807) is 35.4 Å². The number of carbonyl (C=O) groups excluding carboxylic acids is 1. The number of esters is 1. The van der Waals surface area contributed by atoms with Crippen LogP contribution in [0.1, 0.15) is 16.7 Å². The second-order valence-electron chi connectivity index (χ2n) is 7.70. The Kier molecular flexibility index (Phi) is 6.69. The molecule has 2 heterocycles. The fraction of sp³-hybridized carbons (Fsp3) is 0.200. The molecule has 0 spiro atoms. The number of nitrogens with zero attached hydrogens (tertiary/aromatic N) is 4. The fourth-order valence-electron chi connectivity index (χ4n) is 3.66. The highest BCUT2D eigenvalue weighted by atomic mass is 19.1. The molecule has 8 nitrogen and oxygen atoms in total. The molecular formula is C25H22FN5O3. The van der Waals surface area contributed by atoms with Crippen LogP contribution in [0.15, 0.2) is 48.7 Å². The first-order chi connectivity index (χ1) is 16.4. The second-order valence-corrected chi connectivity index (χ2v) is 7.70. The van der Waals surface area contributed by atoms with E-state index in [1.165, 1.54) is 12.1 Å². The topological polar surface area (TPSA) is 100 Å². The number of rotatable bonds is 6. The van der Waals surface area contributed by atoms with Crippen LogP contribution in [0.2, 0.25) is 0 Å². The number of anilines is 3. The van der Waals surface area contributed by atoms with Gasteiger partial charge in [0.15, 0.2) is 0 Å². The fourth-order valence-corrected chi connectivity index (χ4v) is 3.66. The van der Waals surface area contributed by atoms with E-state index < -0.39 is 5.82 Å². The highest BCUT2D eigenvalue weighted by molar-refractivity contribution is 5.77. The molecule has 2 aromatic carbocycles. The van der Waals surface area contributed by atoms with Crippen molar-refractivity contribution in [3.8, 4) is 17.7 Å². The third-order valence-electron chi connectivity index (χ3n) is 5.16. The Hall–Kier alpha value is -4.45. The number of nitriles is 1. The molecule has 0 atom stereocenters. The molecule has 0 amide bonds. The van der Waals surface area contributed by atoms with E-state index in [2.05, 4.69) is 15.3 Å². The van der Waals surface area contributed by atoms with Gasteiger partial charge >= 0.3 is 5.97 Å². The van der Waals surface area contributed by atoms with Gasteiger partial charge in [-0.15, -0.1) is 0 Å². The lowest BCUT2D eigenvalue weighted by molar-refractivity contribution is -0.143. The lowest BCUT2D eigenvalue weighted by atomic mass is 10.1. The van der Waals surface area contributed by atoms with Crippen molar-refractivity contribution in [2.75, 3.05) is 29.9 Å². The first kappa shape index (κ1) is 22.7. The lowest BCUT2D eigenvalue weighted by Gasteiger charge is -2.28. The molecule has 4 rings (SSSR count). The molecule has 0 radical (unpaired) electrons. The van der Waals surface area contributed by atoms with Crippen LogP contribution in [0.25, 0.3) is 6.08 Å². The van der Waals surface area contributed by atoms with Crippen molar-refractivity contribution in [3.63, 3.8) is 0 Å². The molecule has 1 aromatic heterocycles. The summed E-state index contributed by atoms with van der Waals surface area (Å²) in [6, 6.07) is 12.1. The molecule has 1 aliphatic rings. The Labute approximate surface area is 196 Å². The highest BCUT2D eigenvalue weighted by Gasteiger charge is 2.21. The monoisotopic (exact) mass is 459 g/mol. The van der Waals surface area contributed by atoms with Gasteiger partial charge in [0.2, 0.25) is 11.8 Å². The van der Waals surface area contributed by atoms with Gasteiger partial charge in [0.1, 0.15) is 24.7 Å². The SMILES string of the molecule is Cc1cc(/C=C/C#N)cc(C)c1Oc1ccnc(Nc2ccc(N3CCOC(=O)C3)c(F)c2)n1. The summed E-state index contributed by atoms with van der Waals surface area (Å²) in [4.78, 5) is 21.7. The smallest absolute Gasteiger partial charge is 0.325 e. The molecule has 0 unspecified atom stereocenters. The Morgan fingerprint density at radius 3 is 2.74 bits per heavy atom. The number of hydrogen-bond donors (Lipinski definition) is 1. The predicted octanol–water partition coefficient (Wildman–Crippen LogP) is 4.67. The van der Waals surface area contributed by atoms with Crippen molar-refractivity contribution in [1.29, 1.82) is 5.26 Å². The molecule has 1 saturated heterocycles. The summed E-state index contributed by atoms with van der Waals surface area (Å²) < 4.78 is 25.6. The van der Waals surface area contributed by atoms with Gasteiger partial charge in [-0.1, -0.05) is 0 Å². The summed E-state index contributed by atoms with van der Waals surface area (Å²) in [7, 11) is 0. The van der Waals surface area contributed by atoms with Crippen LogP contribution in [-0.4, -0.2) is 35.6 Å². The molecule has 34 heavy (non-hydrogen) atoms. The van der Waals surface area contributed by atoms with E-state index in [-0.39, 0.29) is 25.1 Å². The van der Waals surface area contributed by atoms with Crippen LogP contribution < -0.4 is 15.0 Å². The van der Waals surface area contributed by atoms with E-state index in [0.717, 1.165) is 16.7 Å². The van der Waals surface area contributed by atoms with E-state index in [9.17, 15) is 9.18 Å². The number of cyclic esters (lactones) is 1. The first-order valence-corrected chi connectivity index (χ1v) is 10.6. The summed E-state index contributed by atoms with van der Waals surface area (Å²) in [5.41, 5.74) is 3.48. The normalized spacial score (nSPS) is 13.5. The zero-order valence-corrected chi connectivity index (χ0v) is 18.7. The number of hydrogen-bond acceptors (Lipinski definition) is 8. The van der Waals surface area contributed by atoms with Crippen LogP contribution in [0.4, 0.5) is 21.7 Å². The Morgan fingerprint density at radius 1 is 1.24 bits per heavy atom. The molecule has 0 saturated carbocycles. The van der Waals surface area contributed by atoms with E-state index in [1.807, 2.05) is 32.0 Å². The predicted molar refractivity (Wildman–Crippen MR) is 126 cm³/mol. The standard InChI is InChI=1S/C25H22FN5O3/c1-16-12-18(4-3-8-27)13-17(2)24(16)34-22-7-9-28-25(30-22)29-19-5-6-21(20(26)14-19)31-10-11-33-23(32)15-31/h3-7,9,12-14H,10-11,15H2,1-2H3,(H,28,29,30)/b4-3+. The summed E-state index contributed by atoms with van der Waals surface area (Å²) in [6.07, 6.45) is 4.70. The Bertz CT molecular complexity index is 1280. The number of halogens is 1. The number of aryl methyl sites for hydroxylation is 2. The summed E-state index contributed by atoms with van der Waals surface area (Å²) >= 11 is 0. The molecule has 0 bridgehead atoms. The van der Waals surface area contributed by atoms with Gasteiger partial charge < -0.3 is 19.7 Å². The number of aromatic nitrogens is 2. The van der Waals surface area contributed by atoms with E-state index in [0.29, 0.717) is 29.5 Å². The van der Waals surface area contributed by atoms with Gasteiger partial charge in [-0.3, -0.25) is 4.79 Å². The van der Waals surface area contributed by atoms with E-state index >= 15 is 0 Å². The maximum Gasteiger partial charge on any atom is 0.325 e. The molecule has 1 N–H and O–H groups in total. The maximum absolute atomic E-state index is 14.7. The molecule has 9 heteroatoms. The minimum atomic E-state index is -0.469. The van der Waals surface area contributed by atoms with Gasteiger partial charge in [0.25, 0.3) is 0 Å². The van der Waals surface area contributed by atoms with Crippen molar-refractivity contribution in [2.45, 2.75) is 13.8 Å². The number of allylic oxidation sites excluding steroid dienone is 1. The minimum Gasteiger partial charge on any atom is -0.462 e. The van der Waals surface area contributed by atoms with Gasteiger partial charge in [-0.05, 0) is 66.9 Å². The first-order valence-electron chi connectivity index (χ1n) is 10.6. The van der Waals surface area contributed by atoms with E-state index in [4.69, 9.17) is 14.7 Å². The summed E-state index contributed by atoms with van der Waals surface area (Å²) in [5, 5.41) is 11.7. The van der Waals surface area contributed by atoms with Crippen molar-refractivity contribution in [2.24, 2.45) is 0 Å². The summed E-state index contributed by atoms with van der Waals surface area (Å²) in [6.45, 7) is 4.52. The maximum atomic E-state index is 14.7. The molecule has 3 aromatic rings. The van der Waals surface area contributed by atoms with Crippen molar-refractivity contribution >= 4 is 29.4 Å². The Morgan fingerprint density at radius 2 is 2.03 bits per heavy atom. The number of carbonyl (C=O) groups is 1. The van der Waals surface area contributed by atoms with Crippen molar-refractivity contribution in [3.05, 3.63) is 71.2 Å². The lowest BCUT2D eigenvalue weighted by Crippen LogP contribution is -2.40. The average Bonchev–Trinajstić information content (AvgIpc) is 2.80. The third-order valence-corrected chi connectivity index (χ3v) is 5.16. The third kappa shape index (κ3) is 5.30. The number of ether oxygens (including phenoxy) is 2. The number of nitrogens with one attached hydrogen (secondary N) is 1. The molecule has 0 aliphatic carbocycles. The zero-order valence-electron chi connectivity index (χ0n) is 18.7. The molecule has 172 valence electrons. The van der Waals surface area contributed by atoms with Gasteiger partial charge in [-0.25, -0.2) is 9.37 Å². The van der Waals surface area contributed by atoms with Gasteiger partial charge in [0.05, 0.1) is 18.3 Å². The zero-order chi connectivity index (χ0) is 24.1. The van der Waals surface area contributed by atoms with Crippen LogP contribution in [-0.2, 0) is 9.53 Å². The average molecular weight is 459 g/mol. The van der Waals surface area contributed by atoms with Crippen LogP contribution in [0.5, 0.6) is 11.6 Å². The highest BCUT2D eigenvalue weighted by Crippen LogP contribution is 2.30. The number of benzene rings is 2. The van der Waals surface area contributed by atoms with Crippen molar-refractivity contribution in [1.82, 2.24) is 9.97 Å². The molecular weight excluding hydrogens is 437 g/mol. The van der Waals surface area contributed by atoms with Crippen LogP contribution in [0.3, 0.4) is 0 Å². The van der Waals surface area contributed by atoms with Crippen LogP contribution >= 0.6 is 0 Å². The number of morpholine rings is 1. The molecule has 1 aliphatic heterocycles. The second kappa shape index (κ2) is 10.0. The van der Waals surface area contributed by atoms with Gasteiger partial charge in [0, 0.05) is 24.0 Å². The summed E-state index contributed by atoms with van der Waals surface area (Å²) in [5.74, 6) is 0.387. The quantitative estimate of drug-likeness (QED) is 0.419. The van der Waals surface area contributed by atoms with Gasteiger partial charge in [-0.2, -0.15) is 10.2 Å². The minimum absolute atomic E-state index is 0.0145. The van der Waals surface area contributed by atoms with Crippen LogP contribution in [0, 0.1) is 31.0 Å². The largest absolute Gasteiger partial charge is 0.462 e.